The predicted octanol–water partition coefficient (Wildman–Crippen LogP) is 5.02. The van der Waals surface area contributed by atoms with Crippen molar-refractivity contribution >= 4 is 23.2 Å². The zero-order valence-corrected chi connectivity index (χ0v) is 19.2. The fraction of sp³-hybridized carbons (Fsp3) is 0.360. The predicted molar refractivity (Wildman–Crippen MR) is 124 cm³/mol. The summed E-state index contributed by atoms with van der Waals surface area (Å²) in [5.41, 5.74) is 1.17. The molecular weight excluding hydrogens is 408 g/mol. The molecule has 0 aliphatic carbocycles. The summed E-state index contributed by atoms with van der Waals surface area (Å²) in [6.07, 6.45) is 0.745. The van der Waals surface area contributed by atoms with Crippen LogP contribution in [-0.2, 0) is 17.8 Å². The first-order chi connectivity index (χ1) is 14.9. The van der Waals surface area contributed by atoms with Crippen LogP contribution in [0.1, 0.15) is 40.6 Å². The number of hydrogen-bond donors (Lipinski definition) is 0. The lowest BCUT2D eigenvalue weighted by molar-refractivity contribution is -0.132. The number of carbonyl (C=O) groups excluding carboxylic acids is 2. The van der Waals surface area contributed by atoms with Crippen LogP contribution in [0.5, 0.6) is 0 Å². The quantitative estimate of drug-likeness (QED) is 0.447. The standard InChI is InChI=1S/C25H30N2O3S/c1-19(2)16-27(25(29)23-10-7-15-31-23)18-24(28)26(17-22-12-11-20(3)30-22)14-13-21-8-5-4-6-9-21/h4-12,15,19H,13-14,16-18H2,1-3H3. The van der Waals surface area contributed by atoms with Crippen LogP contribution in [0, 0.1) is 12.8 Å². The summed E-state index contributed by atoms with van der Waals surface area (Å²) in [6, 6.07) is 17.6. The zero-order chi connectivity index (χ0) is 22.2. The SMILES string of the molecule is Cc1ccc(CN(CCc2ccccc2)C(=O)CN(CC(C)C)C(=O)c2cccs2)o1. The normalized spacial score (nSPS) is 11.0. The van der Waals surface area contributed by atoms with Crippen molar-refractivity contribution in [2.24, 2.45) is 5.92 Å². The third kappa shape index (κ3) is 6.82. The molecule has 164 valence electrons. The molecule has 0 saturated heterocycles. The summed E-state index contributed by atoms with van der Waals surface area (Å²) in [5, 5.41) is 1.88. The van der Waals surface area contributed by atoms with Crippen LogP contribution in [0.3, 0.4) is 0 Å². The van der Waals surface area contributed by atoms with Crippen LogP contribution < -0.4 is 0 Å². The van der Waals surface area contributed by atoms with Gasteiger partial charge in [-0.15, -0.1) is 11.3 Å². The number of nitrogens with zero attached hydrogens (tertiary/aromatic N) is 2. The van der Waals surface area contributed by atoms with Crippen LogP contribution >= 0.6 is 11.3 Å². The van der Waals surface area contributed by atoms with E-state index in [-0.39, 0.29) is 24.3 Å². The van der Waals surface area contributed by atoms with Gasteiger partial charge >= 0.3 is 0 Å². The summed E-state index contributed by atoms with van der Waals surface area (Å²) in [5.74, 6) is 1.67. The summed E-state index contributed by atoms with van der Waals surface area (Å²) < 4.78 is 5.72. The average molecular weight is 439 g/mol. The number of benzene rings is 1. The van der Waals surface area contributed by atoms with Gasteiger partial charge in [0.15, 0.2) is 0 Å². The van der Waals surface area contributed by atoms with E-state index in [1.807, 2.05) is 54.8 Å². The Bertz CT molecular complexity index is 964. The van der Waals surface area contributed by atoms with Gasteiger partial charge in [-0.05, 0) is 48.4 Å². The van der Waals surface area contributed by atoms with Crippen molar-refractivity contribution in [2.75, 3.05) is 19.6 Å². The van der Waals surface area contributed by atoms with Gasteiger partial charge in [0, 0.05) is 13.1 Å². The van der Waals surface area contributed by atoms with Crippen LogP contribution in [0.2, 0.25) is 0 Å². The maximum Gasteiger partial charge on any atom is 0.264 e. The van der Waals surface area contributed by atoms with E-state index >= 15 is 0 Å². The highest BCUT2D eigenvalue weighted by Crippen LogP contribution is 2.16. The van der Waals surface area contributed by atoms with Crippen molar-refractivity contribution in [3.05, 3.63) is 81.9 Å². The maximum absolute atomic E-state index is 13.3. The lowest BCUT2D eigenvalue weighted by Gasteiger charge is -2.28. The van der Waals surface area contributed by atoms with Crippen LogP contribution in [-0.4, -0.2) is 41.2 Å². The number of furan rings is 1. The number of hydrogen-bond acceptors (Lipinski definition) is 4. The van der Waals surface area contributed by atoms with Gasteiger partial charge in [-0.25, -0.2) is 0 Å². The lowest BCUT2D eigenvalue weighted by Crippen LogP contribution is -2.44. The Morgan fingerprint density at radius 1 is 1.00 bits per heavy atom. The molecule has 2 aromatic heterocycles. The number of carbonyl (C=O) groups is 2. The topological polar surface area (TPSA) is 53.8 Å². The number of rotatable bonds is 10. The molecule has 0 unspecified atom stereocenters. The molecule has 0 aliphatic rings. The Morgan fingerprint density at radius 2 is 1.77 bits per heavy atom. The van der Waals surface area contributed by atoms with Crippen molar-refractivity contribution < 1.29 is 14.0 Å². The van der Waals surface area contributed by atoms with Gasteiger partial charge in [-0.1, -0.05) is 50.2 Å². The molecule has 1 aromatic carbocycles. The van der Waals surface area contributed by atoms with E-state index in [0.29, 0.717) is 24.5 Å². The molecule has 0 bridgehead atoms. The second kappa shape index (κ2) is 11.0. The molecule has 2 heterocycles. The molecule has 0 atom stereocenters. The van der Waals surface area contributed by atoms with Crippen molar-refractivity contribution in [1.82, 2.24) is 9.80 Å². The van der Waals surface area contributed by atoms with E-state index in [9.17, 15) is 9.59 Å². The molecule has 0 radical (unpaired) electrons. The molecule has 3 rings (SSSR count). The van der Waals surface area contributed by atoms with Crippen molar-refractivity contribution in [1.29, 1.82) is 0 Å². The molecule has 2 amide bonds. The monoisotopic (exact) mass is 438 g/mol. The second-order valence-corrected chi connectivity index (χ2v) is 9.07. The Hall–Kier alpha value is -2.86. The van der Waals surface area contributed by atoms with E-state index in [4.69, 9.17) is 4.42 Å². The largest absolute Gasteiger partial charge is 0.464 e. The molecule has 0 fully saturated rings. The maximum atomic E-state index is 13.3. The lowest BCUT2D eigenvalue weighted by atomic mass is 10.1. The Morgan fingerprint density at radius 3 is 2.39 bits per heavy atom. The van der Waals surface area contributed by atoms with E-state index in [2.05, 4.69) is 26.0 Å². The Kier molecular flexibility index (Phi) is 8.06. The summed E-state index contributed by atoms with van der Waals surface area (Å²) in [6.45, 7) is 7.55. The highest BCUT2D eigenvalue weighted by molar-refractivity contribution is 7.12. The fourth-order valence-electron chi connectivity index (χ4n) is 3.44. The Labute approximate surface area is 188 Å². The molecule has 0 N–H and O–H groups in total. The van der Waals surface area contributed by atoms with Crippen molar-refractivity contribution in [2.45, 2.75) is 33.7 Å². The number of thiophene rings is 1. The first kappa shape index (κ1) is 22.8. The molecule has 0 spiro atoms. The third-order valence-electron chi connectivity index (χ3n) is 4.94. The molecule has 0 aliphatic heterocycles. The molecular formula is C25H30N2O3S. The minimum atomic E-state index is -0.0890. The Balaban J connectivity index is 1.74. The van der Waals surface area contributed by atoms with Crippen LogP contribution in [0.4, 0.5) is 0 Å². The third-order valence-corrected chi connectivity index (χ3v) is 5.80. The van der Waals surface area contributed by atoms with E-state index < -0.39 is 0 Å². The first-order valence-electron chi connectivity index (χ1n) is 10.6. The van der Waals surface area contributed by atoms with Gasteiger partial charge in [0.2, 0.25) is 5.91 Å². The summed E-state index contributed by atoms with van der Waals surface area (Å²) in [4.78, 5) is 30.4. The van der Waals surface area contributed by atoms with E-state index in [1.165, 1.54) is 16.9 Å². The molecule has 5 nitrogen and oxygen atoms in total. The number of amides is 2. The van der Waals surface area contributed by atoms with Crippen molar-refractivity contribution in [3.63, 3.8) is 0 Å². The minimum absolute atomic E-state index is 0.0589. The van der Waals surface area contributed by atoms with Gasteiger partial charge < -0.3 is 14.2 Å². The van der Waals surface area contributed by atoms with Gasteiger partial charge in [0.05, 0.1) is 11.4 Å². The highest BCUT2D eigenvalue weighted by Gasteiger charge is 2.24. The first-order valence-corrected chi connectivity index (χ1v) is 11.5. The average Bonchev–Trinajstić information content (AvgIpc) is 3.42. The van der Waals surface area contributed by atoms with Gasteiger partial charge in [0.25, 0.3) is 5.91 Å². The fourth-order valence-corrected chi connectivity index (χ4v) is 4.13. The van der Waals surface area contributed by atoms with E-state index in [0.717, 1.165) is 17.9 Å². The summed E-state index contributed by atoms with van der Waals surface area (Å²) >= 11 is 1.40. The molecule has 0 saturated carbocycles. The van der Waals surface area contributed by atoms with Gasteiger partial charge in [-0.3, -0.25) is 9.59 Å². The second-order valence-electron chi connectivity index (χ2n) is 8.12. The van der Waals surface area contributed by atoms with Gasteiger partial charge in [-0.2, -0.15) is 0 Å². The van der Waals surface area contributed by atoms with Crippen LogP contribution in [0.15, 0.2) is 64.4 Å². The zero-order valence-electron chi connectivity index (χ0n) is 18.4. The summed E-state index contributed by atoms with van der Waals surface area (Å²) in [7, 11) is 0. The minimum Gasteiger partial charge on any atom is -0.464 e. The molecule has 6 heteroatoms. The smallest absolute Gasteiger partial charge is 0.264 e. The van der Waals surface area contributed by atoms with E-state index in [1.54, 1.807) is 9.80 Å². The molecule has 31 heavy (non-hydrogen) atoms. The number of aryl methyl sites for hydroxylation is 1. The van der Waals surface area contributed by atoms with Gasteiger partial charge in [0.1, 0.15) is 18.1 Å². The molecule has 3 aromatic rings. The van der Waals surface area contributed by atoms with Crippen molar-refractivity contribution in [3.8, 4) is 0 Å². The van der Waals surface area contributed by atoms with Crippen LogP contribution in [0.25, 0.3) is 0 Å². The highest BCUT2D eigenvalue weighted by atomic mass is 32.1.